The van der Waals surface area contributed by atoms with E-state index in [0.29, 0.717) is 12.5 Å². The lowest BCUT2D eigenvalue weighted by atomic mass is 10.0. The van der Waals surface area contributed by atoms with E-state index < -0.39 is 0 Å². The Morgan fingerprint density at radius 1 is 1.24 bits per heavy atom. The van der Waals surface area contributed by atoms with E-state index in [0.717, 1.165) is 47.4 Å². The summed E-state index contributed by atoms with van der Waals surface area (Å²) in [5.41, 5.74) is 2.27. The Bertz CT molecular complexity index is 540. The molecule has 0 aliphatic carbocycles. The zero-order valence-electron chi connectivity index (χ0n) is 16.7. The Balaban J connectivity index is 0.00000576. The standard InChI is InChI=1S/C20H34N2O2.HI/c1-7-22(6,8-2)13-9-12-21-20(23)15-24-19-14-17(5)10-11-18(19)16(3)4;/h10-11,14,16H,7-9,12-13,15H2,1-6H3;1H. The highest BCUT2D eigenvalue weighted by Gasteiger charge is 2.14. The number of hydrogen-bond acceptors (Lipinski definition) is 3. The summed E-state index contributed by atoms with van der Waals surface area (Å²) in [5.74, 6) is 0.995. The first-order chi connectivity index (χ1) is 11.3. The number of rotatable bonds is 10. The average Bonchev–Trinajstić information content (AvgIpc) is 2.56. The summed E-state index contributed by atoms with van der Waals surface area (Å²) in [4.78, 5) is 4.13. The molecular formula is C20H35IN2O2. The second-order valence-electron chi connectivity index (χ2n) is 7.09. The Morgan fingerprint density at radius 2 is 1.88 bits per heavy atom. The minimum atomic E-state index is -0.173. The molecule has 0 unspecified atom stereocenters. The monoisotopic (exact) mass is 462 g/mol. The third-order valence-corrected chi connectivity index (χ3v) is 4.81. The fourth-order valence-corrected chi connectivity index (χ4v) is 2.62. The second kappa shape index (κ2) is 11.7. The number of aryl methyl sites for hydroxylation is 1. The number of halogens is 1. The highest BCUT2D eigenvalue weighted by Crippen LogP contribution is 2.27. The largest absolute Gasteiger partial charge is 0.860 e. The van der Waals surface area contributed by atoms with Crippen molar-refractivity contribution in [1.29, 1.82) is 0 Å². The van der Waals surface area contributed by atoms with Gasteiger partial charge in [-0.2, -0.15) is 0 Å². The van der Waals surface area contributed by atoms with Crippen LogP contribution in [-0.2, 0) is 0 Å². The van der Waals surface area contributed by atoms with Gasteiger partial charge in [0, 0.05) is 13.0 Å². The highest BCUT2D eigenvalue weighted by molar-refractivity contribution is 14.0. The molecule has 0 N–H and O–H groups in total. The normalized spacial score (nSPS) is 12.2. The molecule has 0 aliphatic rings. The van der Waals surface area contributed by atoms with E-state index in [1.54, 1.807) is 0 Å². The minimum Gasteiger partial charge on any atom is -0.860 e. The average molecular weight is 462 g/mol. The number of nitrogens with zero attached hydrogens (tertiary/aromatic N) is 2. The molecule has 0 saturated carbocycles. The maximum Gasteiger partial charge on any atom is 0.123 e. The quantitative estimate of drug-likeness (QED) is 0.175. The van der Waals surface area contributed by atoms with Crippen molar-refractivity contribution in [3.8, 4) is 5.75 Å². The molecule has 0 aromatic heterocycles. The van der Waals surface area contributed by atoms with E-state index in [2.05, 4.69) is 51.9 Å². The maximum atomic E-state index is 11.9. The summed E-state index contributed by atoms with van der Waals surface area (Å²) in [6.45, 7) is 14.6. The van der Waals surface area contributed by atoms with Crippen LogP contribution in [0.25, 0.3) is 0 Å². The van der Waals surface area contributed by atoms with Crippen molar-refractivity contribution in [2.24, 2.45) is 4.99 Å². The summed E-state index contributed by atoms with van der Waals surface area (Å²) in [5, 5.41) is 11.9. The Morgan fingerprint density at radius 3 is 2.44 bits per heavy atom. The molecule has 1 aromatic carbocycles. The topological polar surface area (TPSA) is 44.7 Å². The van der Waals surface area contributed by atoms with Crippen molar-refractivity contribution in [3.05, 3.63) is 29.3 Å². The molecule has 0 radical (unpaired) electrons. The van der Waals surface area contributed by atoms with Crippen LogP contribution in [0.3, 0.4) is 0 Å². The Hall–Kier alpha value is -0.820. The fraction of sp³-hybridized carbons (Fsp3) is 0.650. The summed E-state index contributed by atoms with van der Waals surface area (Å²) in [6, 6.07) is 6.14. The molecule has 0 atom stereocenters. The maximum absolute atomic E-state index is 11.9. The molecule has 4 nitrogen and oxygen atoms in total. The first-order valence-electron chi connectivity index (χ1n) is 9.08. The predicted octanol–water partition coefficient (Wildman–Crippen LogP) is 3.75. The van der Waals surface area contributed by atoms with E-state index in [9.17, 15) is 5.11 Å². The van der Waals surface area contributed by atoms with Crippen LogP contribution in [0.1, 0.15) is 51.2 Å². The van der Waals surface area contributed by atoms with Crippen LogP contribution in [0.15, 0.2) is 23.2 Å². The number of quaternary nitrogens is 1. The lowest BCUT2D eigenvalue weighted by molar-refractivity contribution is -0.906. The lowest BCUT2D eigenvalue weighted by Gasteiger charge is -2.32. The number of ether oxygens (including phenoxy) is 1. The molecule has 0 bridgehead atoms. The molecule has 0 heterocycles. The van der Waals surface area contributed by atoms with Crippen molar-refractivity contribution in [2.75, 3.05) is 39.8 Å². The first kappa shape index (κ1) is 24.2. The molecule has 144 valence electrons. The molecule has 25 heavy (non-hydrogen) atoms. The van der Waals surface area contributed by atoms with E-state index in [4.69, 9.17) is 4.74 Å². The molecule has 5 heteroatoms. The third kappa shape index (κ3) is 8.40. The summed E-state index contributed by atoms with van der Waals surface area (Å²) in [7, 11) is 2.25. The molecule has 1 rings (SSSR count). The fourth-order valence-electron chi connectivity index (χ4n) is 2.62. The summed E-state index contributed by atoms with van der Waals surface area (Å²) < 4.78 is 6.76. The van der Waals surface area contributed by atoms with E-state index in [-0.39, 0.29) is 36.5 Å². The minimum absolute atomic E-state index is 0. The van der Waals surface area contributed by atoms with Gasteiger partial charge in [0.25, 0.3) is 0 Å². The van der Waals surface area contributed by atoms with Crippen molar-refractivity contribution < 1.29 is 14.3 Å². The SMILES string of the molecule is CC[N+](C)(CC)CCCN=C([O-])COc1cc(C)ccc1C(C)C.I. The van der Waals surface area contributed by atoms with Gasteiger partial charge in [0.05, 0.1) is 26.7 Å². The molecule has 0 amide bonds. The number of aliphatic imine (C=N–C) groups is 1. The van der Waals surface area contributed by atoms with E-state index >= 15 is 0 Å². The van der Waals surface area contributed by atoms with Crippen LogP contribution in [0.2, 0.25) is 0 Å². The van der Waals surface area contributed by atoms with Gasteiger partial charge in [-0.25, -0.2) is 0 Å². The molecular weight excluding hydrogens is 427 g/mol. The zero-order chi connectivity index (χ0) is 18.2. The van der Waals surface area contributed by atoms with Crippen LogP contribution >= 0.6 is 24.0 Å². The second-order valence-corrected chi connectivity index (χ2v) is 7.09. The van der Waals surface area contributed by atoms with Crippen molar-refractivity contribution in [2.45, 2.75) is 47.0 Å². The number of benzene rings is 1. The third-order valence-electron chi connectivity index (χ3n) is 4.81. The van der Waals surface area contributed by atoms with Gasteiger partial charge in [-0.05, 0) is 49.8 Å². The van der Waals surface area contributed by atoms with Crippen molar-refractivity contribution in [1.82, 2.24) is 0 Å². The van der Waals surface area contributed by atoms with E-state index in [1.807, 2.05) is 13.0 Å². The van der Waals surface area contributed by atoms with Gasteiger partial charge in [-0.15, -0.1) is 24.0 Å². The highest BCUT2D eigenvalue weighted by atomic mass is 127. The zero-order valence-corrected chi connectivity index (χ0v) is 19.0. The van der Waals surface area contributed by atoms with Gasteiger partial charge in [-0.3, -0.25) is 0 Å². The van der Waals surface area contributed by atoms with Crippen LogP contribution in [0.5, 0.6) is 5.75 Å². The summed E-state index contributed by atoms with van der Waals surface area (Å²) in [6.07, 6.45) is 0.936. The molecule has 1 aromatic rings. The van der Waals surface area contributed by atoms with Gasteiger partial charge in [0.1, 0.15) is 12.4 Å². The predicted molar refractivity (Wildman–Crippen MR) is 115 cm³/mol. The molecule has 0 saturated heterocycles. The molecule has 0 spiro atoms. The number of hydrogen-bond donors (Lipinski definition) is 0. The van der Waals surface area contributed by atoms with Gasteiger partial charge in [-0.1, -0.05) is 26.0 Å². The summed E-state index contributed by atoms with van der Waals surface area (Å²) >= 11 is 0. The lowest BCUT2D eigenvalue weighted by Crippen LogP contribution is -2.44. The van der Waals surface area contributed by atoms with Crippen molar-refractivity contribution >= 4 is 29.9 Å². The molecule has 0 aliphatic heterocycles. The molecule has 0 fully saturated rings. The van der Waals surface area contributed by atoms with Crippen LogP contribution in [0.4, 0.5) is 0 Å². The van der Waals surface area contributed by atoms with Gasteiger partial charge in [0.2, 0.25) is 0 Å². The Labute approximate surface area is 170 Å². The van der Waals surface area contributed by atoms with Crippen LogP contribution in [-0.4, -0.2) is 50.2 Å². The van der Waals surface area contributed by atoms with Crippen LogP contribution < -0.4 is 9.84 Å². The van der Waals surface area contributed by atoms with Gasteiger partial charge in [0.15, 0.2) is 0 Å². The van der Waals surface area contributed by atoms with Gasteiger partial charge >= 0.3 is 0 Å². The van der Waals surface area contributed by atoms with Crippen LogP contribution in [0, 0.1) is 6.92 Å². The first-order valence-corrected chi connectivity index (χ1v) is 9.08. The van der Waals surface area contributed by atoms with E-state index in [1.165, 1.54) is 0 Å². The Kier molecular flexibility index (Phi) is 11.3. The smallest absolute Gasteiger partial charge is 0.123 e. The van der Waals surface area contributed by atoms with Crippen molar-refractivity contribution in [3.63, 3.8) is 0 Å². The van der Waals surface area contributed by atoms with Gasteiger partial charge < -0.3 is 19.3 Å².